The van der Waals surface area contributed by atoms with Crippen LogP contribution in [0.2, 0.25) is 0 Å². The minimum absolute atomic E-state index is 0.0165. The molecule has 1 N–H and O–H groups in total. The number of hydrogen-bond donors (Lipinski definition) is 1. The van der Waals surface area contributed by atoms with Crippen molar-refractivity contribution < 1.29 is 9.59 Å². The Bertz CT molecular complexity index is 337. The molecule has 1 aliphatic heterocycles. The number of carbonyl (C=O) groups is 2. The second-order valence-corrected chi connectivity index (χ2v) is 4.30. The fraction of sp³-hybridized carbons (Fsp3) is 0.727. The van der Waals surface area contributed by atoms with Crippen molar-refractivity contribution in [3.63, 3.8) is 0 Å². The lowest BCUT2D eigenvalue weighted by atomic mass is 10.2. The second kappa shape index (κ2) is 6.21. The number of nitriles is 1. The van der Waals surface area contributed by atoms with Crippen LogP contribution in [-0.4, -0.2) is 60.9 Å². The number of amides is 2. The normalized spacial score (nSPS) is 21.5. The van der Waals surface area contributed by atoms with Crippen LogP contribution in [0.15, 0.2) is 0 Å². The smallest absolute Gasteiger partial charge is 0.312 e. The fourth-order valence-electron chi connectivity index (χ4n) is 2.00. The van der Waals surface area contributed by atoms with Crippen molar-refractivity contribution in [1.29, 1.82) is 5.26 Å². The molecule has 1 aliphatic rings. The summed E-state index contributed by atoms with van der Waals surface area (Å²) in [6.07, 6.45) is 0.859. The van der Waals surface area contributed by atoms with Gasteiger partial charge in [0.1, 0.15) is 6.54 Å². The molecular weight excluding hydrogens is 220 g/mol. The van der Waals surface area contributed by atoms with E-state index < -0.39 is 11.8 Å². The molecule has 1 rings (SSSR count). The van der Waals surface area contributed by atoms with Gasteiger partial charge >= 0.3 is 11.8 Å². The van der Waals surface area contributed by atoms with Gasteiger partial charge in [-0.2, -0.15) is 5.26 Å². The van der Waals surface area contributed by atoms with Gasteiger partial charge in [-0.05, 0) is 26.9 Å². The summed E-state index contributed by atoms with van der Waals surface area (Å²) in [6, 6.07) is 1.79. The fourth-order valence-corrected chi connectivity index (χ4v) is 2.00. The SMILES string of the molecule is CC1CN(C)CCCN1C(=O)C(=O)NCC#N. The molecule has 6 nitrogen and oxygen atoms in total. The molecule has 0 radical (unpaired) electrons. The monoisotopic (exact) mass is 238 g/mol. The Hall–Kier alpha value is -1.61. The predicted molar refractivity (Wildman–Crippen MR) is 61.9 cm³/mol. The summed E-state index contributed by atoms with van der Waals surface area (Å²) in [4.78, 5) is 27.1. The topological polar surface area (TPSA) is 76.4 Å². The molecule has 0 aliphatic carbocycles. The Kier molecular flexibility index (Phi) is 4.91. The van der Waals surface area contributed by atoms with Crippen molar-refractivity contribution in [2.24, 2.45) is 0 Å². The summed E-state index contributed by atoms with van der Waals surface area (Å²) in [5, 5.41) is 10.6. The highest BCUT2D eigenvalue weighted by atomic mass is 16.2. The van der Waals surface area contributed by atoms with Gasteiger partial charge in [-0.15, -0.1) is 0 Å². The summed E-state index contributed by atoms with van der Waals surface area (Å²) >= 11 is 0. The molecule has 94 valence electrons. The van der Waals surface area contributed by atoms with Crippen molar-refractivity contribution in [2.45, 2.75) is 19.4 Å². The zero-order chi connectivity index (χ0) is 12.8. The molecule has 1 atom stereocenters. The van der Waals surface area contributed by atoms with Crippen LogP contribution in [0.25, 0.3) is 0 Å². The first-order valence-corrected chi connectivity index (χ1v) is 5.70. The van der Waals surface area contributed by atoms with Gasteiger partial charge < -0.3 is 15.1 Å². The van der Waals surface area contributed by atoms with Crippen LogP contribution >= 0.6 is 0 Å². The Morgan fingerprint density at radius 1 is 1.47 bits per heavy atom. The third-order valence-corrected chi connectivity index (χ3v) is 2.83. The summed E-state index contributed by atoms with van der Waals surface area (Å²) < 4.78 is 0. The largest absolute Gasteiger partial charge is 0.335 e. The number of hydrogen-bond acceptors (Lipinski definition) is 4. The molecule has 1 fully saturated rings. The first-order valence-electron chi connectivity index (χ1n) is 5.70. The molecule has 1 saturated heterocycles. The first-order chi connectivity index (χ1) is 8.06. The van der Waals surface area contributed by atoms with Gasteiger partial charge in [-0.25, -0.2) is 0 Å². The molecule has 0 bridgehead atoms. The van der Waals surface area contributed by atoms with Crippen molar-refractivity contribution >= 4 is 11.8 Å². The van der Waals surface area contributed by atoms with E-state index in [1.54, 1.807) is 11.0 Å². The zero-order valence-corrected chi connectivity index (χ0v) is 10.3. The molecule has 0 saturated carbocycles. The molecular formula is C11H18N4O2. The van der Waals surface area contributed by atoms with E-state index in [9.17, 15) is 9.59 Å². The van der Waals surface area contributed by atoms with Crippen molar-refractivity contribution in [3.05, 3.63) is 0 Å². The van der Waals surface area contributed by atoms with Crippen LogP contribution < -0.4 is 5.32 Å². The van der Waals surface area contributed by atoms with Crippen molar-refractivity contribution in [2.75, 3.05) is 33.2 Å². The number of likely N-dealkylation sites (N-methyl/N-ethyl adjacent to an activating group) is 1. The second-order valence-electron chi connectivity index (χ2n) is 4.30. The number of rotatable bonds is 1. The lowest BCUT2D eigenvalue weighted by Gasteiger charge is -2.27. The van der Waals surface area contributed by atoms with E-state index in [1.165, 1.54) is 0 Å². The van der Waals surface area contributed by atoms with E-state index in [-0.39, 0.29) is 12.6 Å². The lowest BCUT2D eigenvalue weighted by Crippen LogP contribution is -2.48. The van der Waals surface area contributed by atoms with Crippen LogP contribution in [0.3, 0.4) is 0 Å². The molecule has 0 aromatic rings. The van der Waals surface area contributed by atoms with Gasteiger partial charge in [-0.1, -0.05) is 0 Å². The standard InChI is InChI=1S/C11H18N4O2/c1-9-8-14(2)6-3-7-15(9)11(17)10(16)13-5-4-12/h9H,3,5-8H2,1-2H3,(H,13,16). The highest BCUT2D eigenvalue weighted by Gasteiger charge is 2.28. The van der Waals surface area contributed by atoms with E-state index in [2.05, 4.69) is 10.2 Å². The molecule has 0 aromatic carbocycles. The maximum atomic E-state index is 11.9. The van der Waals surface area contributed by atoms with E-state index >= 15 is 0 Å². The molecule has 0 aromatic heterocycles. The van der Waals surface area contributed by atoms with Gasteiger partial charge in [0, 0.05) is 19.1 Å². The number of carbonyl (C=O) groups excluding carboxylic acids is 2. The van der Waals surface area contributed by atoms with Crippen molar-refractivity contribution in [1.82, 2.24) is 15.1 Å². The molecule has 6 heteroatoms. The third kappa shape index (κ3) is 3.71. The Morgan fingerprint density at radius 2 is 2.18 bits per heavy atom. The van der Waals surface area contributed by atoms with Crippen LogP contribution in [0, 0.1) is 11.3 Å². The molecule has 17 heavy (non-hydrogen) atoms. The van der Waals surface area contributed by atoms with Gasteiger partial charge in [0.15, 0.2) is 0 Å². The third-order valence-electron chi connectivity index (χ3n) is 2.83. The predicted octanol–water partition coefficient (Wildman–Crippen LogP) is -0.821. The number of nitrogens with zero attached hydrogens (tertiary/aromatic N) is 3. The van der Waals surface area contributed by atoms with Crippen LogP contribution in [0.4, 0.5) is 0 Å². The maximum absolute atomic E-state index is 11.9. The average Bonchev–Trinajstić information content (AvgIpc) is 2.46. The lowest BCUT2D eigenvalue weighted by molar-refractivity contribution is -0.147. The quantitative estimate of drug-likeness (QED) is 0.478. The average molecular weight is 238 g/mol. The minimum atomic E-state index is -0.692. The Labute approximate surface area is 101 Å². The zero-order valence-electron chi connectivity index (χ0n) is 10.3. The summed E-state index contributed by atoms with van der Waals surface area (Å²) in [7, 11) is 2.00. The maximum Gasteiger partial charge on any atom is 0.312 e. The van der Waals surface area contributed by atoms with Crippen LogP contribution in [-0.2, 0) is 9.59 Å². The number of nitrogens with one attached hydrogen (secondary N) is 1. The Morgan fingerprint density at radius 3 is 2.82 bits per heavy atom. The molecule has 0 spiro atoms. The molecule has 1 unspecified atom stereocenters. The van der Waals surface area contributed by atoms with E-state index in [1.807, 2.05) is 14.0 Å². The summed E-state index contributed by atoms with van der Waals surface area (Å²) in [5.74, 6) is -1.23. The van der Waals surface area contributed by atoms with Gasteiger partial charge in [0.05, 0.1) is 6.07 Å². The van der Waals surface area contributed by atoms with E-state index in [0.717, 1.165) is 19.5 Å². The van der Waals surface area contributed by atoms with Gasteiger partial charge in [0.25, 0.3) is 0 Å². The Balaban J connectivity index is 2.61. The highest BCUT2D eigenvalue weighted by Crippen LogP contribution is 2.08. The van der Waals surface area contributed by atoms with E-state index in [4.69, 9.17) is 5.26 Å². The summed E-state index contributed by atoms with van der Waals surface area (Å²) in [5.41, 5.74) is 0. The first kappa shape index (κ1) is 13.5. The van der Waals surface area contributed by atoms with Crippen LogP contribution in [0.1, 0.15) is 13.3 Å². The summed E-state index contributed by atoms with van der Waals surface area (Å²) in [6.45, 7) is 4.07. The van der Waals surface area contributed by atoms with Crippen LogP contribution in [0.5, 0.6) is 0 Å². The molecule has 1 heterocycles. The van der Waals surface area contributed by atoms with E-state index in [0.29, 0.717) is 6.54 Å². The highest BCUT2D eigenvalue weighted by molar-refractivity contribution is 6.35. The van der Waals surface area contributed by atoms with Gasteiger partial charge in [0.2, 0.25) is 0 Å². The van der Waals surface area contributed by atoms with Gasteiger partial charge in [-0.3, -0.25) is 9.59 Å². The molecule has 2 amide bonds. The van der Waals surface area contributed by atoms with Crippen molar-refractivity contribution in [3.8, 4) is 6.07 Å². The minimum Gasteiger partial charge on any atom is -0.335 e.